The summed E-state index contributed by atoms with van der Waals surface area (Å²) in [5.41, 5.74) is 0.339. The van der Waals surface area contributed by atoms with Gasteiger partial charge in [0.05, 0.1) is 31.5 Å². The Morgan fingerprint density at radius 3 is 2.81 bits per heavy atom. The Morgan fingerprint density at radius 1 is 1.30 bits per heavy atom. The predicted molar refractivity (Wildman–Crippen MR) is 94.9 cm³/mol. The van der Waals surface area contributed by atoms with Gasteiger partial charge in [0.2, 0.25) is 0 Å². The van der Waals surface area contributed by atoms with Crippen molar-refractivity contribution in [3.8, 4) is 0 Å². The van der Waals surface area contributed by atoms with Crippen molar-refractivity contribution in [1.82, 2.24) is 0 Å². The monoisotopic (exact) mass is 374 g/mol. The number of cyclic esters (lactones) is 1. The third-order valence-corrected chi connectivity index (χ3v) is 7.27. The molecule has 146 valence electrons. The predicted octanol–water partition coefficient (Wildman–Crippen LogP) is 3.99. The van der Waals surface area contributed by atoms with Crippen LogP contribution in [0.25, 0.3) is 0 Å². The number of hydrogen-bond donors (Lipinski definition) is 0. The van der Waals surface area contributed by atoms with E-state index in [1.54, 1.807) is 12.5 Å². The fraction of sp³-hybridized carbons (Fsp3) is 0.619. The van der Waals surface area contributed by atoms with E-state index >= 15 is 0 Å². The van der Waals surface area contributed by atoms with E-state index in [-0.39, 0.29) is 46.6 Å². The van der Waals surface area contributed by atoms with Gasteiger partial charge < -0.3 is 9.15 Å². The van der Waals surface area contributed by atoms with E-state index in [0.29, 0.717) is 6.42 Å². The van der Waals surface area contributed by atoms with Crippen molar-refractivity contribution in [3.05, 3.63) is 36.3 Å². The van der Waals surface area contributed by atoms with Gasteiger partial charge in [0.25, 0.3) is 0 Å². The standard InChI is InChI=1S/C21H26O6/c1-20-9-7-15-18(22)26-16(13-8-10-25-12-13)11-21(15,2)17(20)6-4-5-14(20)19(23)27-24-3/h4-5,8,10,12,14-17H,6-7,9,11H2,1-3H3. The molecule has 4 rings (SSSR count). The zero-order valence-corrected chi connectivity index (χ0v) is 16.0. The van der Waals surface area contributed by atoms with Crippen molar-refractivity contribution >= 4 is 11.9 Å². The average molecular weight is 374 g/mol. The lowest BCUT2D eigenvalue weighted by Gasteiger charge is -2.60. The second kappa shape index (κ2) is 6.51. The summed E-state index contributed by atoms with van der Waals surface area (Å²) in [4.78, 5) is 34.9. The molecule has 1 aliphatic heterocycles. The Hall–Kier alpha value is -2.08. The van der Waals surface area contributed by atoms with Crippen LogP contribution < -0.4 is 0 Å². The Labute approximate surface area is 158 Å². The van der Waals surface area contributed by atoms with Crippen molar-refractivity contribution in [3.63, 3.8) is 0 Å². The molecule has 2 fully saturated rings. The first-order valence-electron chi connectivity index (χ1n) is 9.54. The second-order valence-corrected chi connectivity index (χ2v) is 8.55. The third-order valence-electron chi connectivity index (χ3n) is 7.27. The lowest BCUT2D eigenvalue weighted by molar-refractivity contribution is -0.264. The number of furan rings is 1. The van der Waals surface area contributed by atoms with Gasteiger partial charge in [0.15, 0.2) is 0 Å². The van der Waals surface area contributed by atoms with Crippen molar-refractivity contribution in [2.24, 2.45) is 28.6 Å². The summed E-state index contributed by atoms with van der Waals surface area (Å²) in [5, 5.41) is 0. The maximum atomic E-state index is 12.9. The summed E-state index contributed by atoms with van der Waals surface area (Å²) in [7, 11) is 1.34. The molecule has 0 radical (unpaired) electrons. The smallest absolute Gasteiger partial charge is 0.349 e. The van der Waals surface area contributed by atoms with Gasteiger partial charge in [-0.3, -0.25) is 9.68 Å². The molecule has 0 bridgehead atoms. The first-order valence-corrected chi connectivity index (χ1v) is 9.54. The highest BCUT2D eigenvalue weighted by atomic mass is 17.2. The number of fused-ring (bicyclic) bond motifs is 3. The molecule has 2 heterocycles. The van der Waals surface area contributed by atoms with Crippen LogP contribution in [0.1, 0.15) is 51.2 Å². The fourth-order valence-electron chi connectivity index (χ4n) is 5.90. The number of esters is 1. The normalized spacial score (nSPS) is 40.6. The molecular formula is C21H26O6. The molecule has 1 saturated carbocycles. The molecule has 1 aromatic heterocycles. The van der Waals surface area contributed by atoms with Gasteiger partial charge in [0.1, 0.15) is 6.10 Å². The molecular weight excluding hydrogens is 348 g/mol. The molecule has 2 aliphatic carbocycles. The molecule has 0 spiro atoms. The average Bonchev–Trinajstić information content (AvgIpc) is 3.15. The van der Waals surface area contributed by atoms with Crippen LogP contribution >= 0.6 is 0 Å². The molecule has 6 nitrogen and oxygen atoms in total. The van der Waals surface area contributed by atoms with E-state index < -0.39 is 0 Å². The first-order chi connectivity index (χ1) is 12.9. The molecule has 27 heavy (non-hydrogen) atoms. The molecule has 3 aliphatic rings. The fourth-order valence-corrected chi connectivity index (χ4v) is 5.90. The van der Waals surface area contributed by atoms with Crippen LogP contribution in [0, 0.1) is 28.6 Å². The topological polar surface area (TPSA) is 75.0 Å². The SMILES string of the molecule is COOC(=O)C1C=CCC2C1(C)CCC1C(=O)OC(c3ccoc3)CC12C. The molecule has 1 aromatic rings. The largest absolute Gasteiger partial charge is 0.472 e. The van der Waals surface area contributed by atoms with Crippen molar-refractivity contribution in [2.45, 2.75) is 45.6 Å². The minimum atomic E-state index is -0.376. The minimum absolute atomic E-state index is 0.137. The number of carbonyl (C=O) groups excluding carboxylic acids is 2. The van der Waals surface area contributed by atoms with Gasteiger partial charge in [-0.1, -0.05) is 26.0 Å². The molecule has 0 N–H and O–H groups in total. The molecule has 6 atom stereocenters. The van der Waals surface area contributed by atoms with Crippen LogP contribution in [0.2, 0.25) is 0 Å². The molecule has 6 unspecified atom stereocenters. The van der Waals surface area contributed by atoms with Crippen LogP contribution in [0.3, 0.4) is 0 Å². The highest BCUT2D eigenvalue weighted by molar-refractivity contribution is 5.77. The van der Waals surface area contributed by atoms with E-state index in [1.165, 1.54) is 7.11 Å². The van der Waals surface area contributed by atoms with Gasteiger partial charge in [0, 0.05) is 5.56 Å². The zero-order chi connectivity index (χ0) is 19.2. The van der Waals surface area contributed by atoms with Gasteiger partial charge >= 0.3 is 11.9 Å². The van der Waals surface area contributed by atoms with Crippen LogP contribution in [0.4, 0.5) is 0 Å². The quantitative estimate of drug-likeness (QED) is 0.345. The maximum Gasteiger partial charge on any atom is 0.349 e. The lowest BCUT2D eigenvalue weighted by Crippen LogP contribution is -2.58. The Bertz CT molecular complexity index is 753. The summed E-state index contributed by atoms with van der Waals surface area (Å²) in [6, 6.07) is 1.85. The Morgan fingerprint density at radius 2 is 2.11 bits per heavy atom. The molecule has 1 saturated heterocycles. The zero-order valence-electron chi connectivity index (χ0n) is 16.0. The maximum absolute atomic E-state index is 12.9. The number of hydrogen-bond acceptors (Lipinski definition) is 6. The second-order valence-electron chi connectivity index (χ2n) is 8.55. The van der Waals surface area contributed by atoms with Crippen LogP contribution in [-0.2, 0) is 24.1 Å². The Kier molecular flexibility index (Phi) is 4.41. The first kappa shape index (κ1) is 18.3. The van der Waals surface area contributed by atoms with Crippen molar-refractivity contribution in [2.75, 3.05) is 7.11 Å². The minimum Gasteiger partial charge on any atom is -0.472 e. The van der Waals surface area contributed by atoms with Crippen molar-refractivity contribution < 1.29 is 28.5 Å². The highest BCUT2D eigenvalue weighted by Gasteiger charge is 2.62. The highest BCUT2D eigenvalue weighted by Crippen LogP contribution is 2.64. The molecule has 0 amide bonds. The van der Waals surface area contributed by atoms with E-state index in [1.807, 2.05) is 12.1 Å². The number of carbonyl (C=O) groups is 2. The third kappa shape index (κ3) is 2.73. The van der Waals surface area contributed by atoms with Gasteiger partial charge in [-0.05, 0) is 48.5 Å². The van der Waals surface area contributed by atoms with Gasteiger partial charge in [-0.25, -0.2) is 4.79 Å². The number of allylic oxidation sites excluding steroid dienone is 1. The van der Waals surface area contributed by atoms with Crippen LogP contribution in [0.5, 0.6) is 0 Å². The summed E-state index contributed by atoms with van der Waals surface area (Å²) < 4.78 is 11.0. The van der Waals surface area contributed by atoms with E-state index in [9.17, 15) is 9.59 Å². The number of rotatable bonds is 3. The van der Waals surface area contributed by atoms with E-state index in [0.717, 1.165) is 24.8 Å². The summed E-state index contributed by atoms with van der Waals surface area (Å²) >= 11 is 0. The van der Waals surface area contributed by atoms with Crippen LogP contribution in [0.15, 0.2) is 35.2 Å². The van der Waals surface area contributed by atoms with E-state index in [2.05, 4.69) is 24.8 Å². The summed E-state index contributed by atoms with van der Waals surface area (Å²) in [6.45, 7) is 4.34. The van der Waals surface area contributed by atoms with Crippen molar-refractivity contribution in [1.29, 1.82) is 0 Å². The summed E-state index contributed by atoms with van der Waals surface area (Å²) in [5.74, 6) is -0.857. The summed E-state index contributed by atoms with van der Waals surface area (Å²) in [6.07, 6.45) is 9.98. The van der Waals surface area contributed by atoms with Crippen LogP contribution in [-0.4, -0.2) is 19.0 Å². The van der Waals surface area contributed by atoms with Gasteiger partial charge in [-0.15, -0.1) is 0 Å². The van der Waals surface area contributed by atoms with Gasteiger partial charge in [-0.2, -0.15) is 4.89 Å². The lowest BCUT2D eigenvalue weighted by atomic mass is 9.45. The molecule has 6 heteroatoms. The number of ether oxygens (including phenoxy) is 1. The molecule has 0 aromatic carbocycles. The van der Waals surface area contributed by atoms with E-state index in [4.69, 9.17) is 14.0 Å². The Balaban J connectivity index is 1.69.